The number of halogens is 1. The number of nitrogens with one attached hydrogen (secondary N) is 2. The maximum absolute atomic E-state index is 13.6. The van der Waals surface area contributed by atoms with Crippen LogP contribution in [0.3, 0.4) is 0 Å². The molecule has 1 aromatic carbocycles. The van der Waals surface area contributed by atoms with Gasteiger partial charge >= 0.3 is 6.03 Å². The second-order valence-electron chi connectivity index (χ2n) is 7.88. The van der Waals surface area contributed by atoms with E-state index in [1.165, 1.54) is 12.1 Å². The lowest BCUT2D eigenvalue weighted by molar-refractivity contribution is -0.137. The van der Waals surface area contributed by atoms with Crippen LogP contribution in [0.15, 0.2) is 23.1 Å². The number of thioether (sulfide) groups is 1. The Morgan fingerprint density at radius 3 is 2.96 bits per heavy atom. The van der Waals surface area contributed by atoms with Crippen molar-refractivity contribution in [1.29, 1.82) is 0 Å². The summed E-state index contributed by atoms with van der Waals surface area (Å²) in [5.41, 5.74) is -0.119. The smallest absolute Gasteiger partial charge is 0.325 e. The first kappa shape index (κ1) is 19.2. The van der Waals surface area contributed by atoms with Crippen molar-refractivity contribution in [2.45, 2.75) is 55.5 Å². The Labute approximate surface area is 167 Å². The highest BCUT2D eigenvalue weighted by Gasteiger charge is 2.55. The van der Waals surface area contributed by atoms with Crippen LogP contribution in [-0.2, 0) is 9.59 Å². The quantitative estimate of drug-likeness (QED) is 0.758. The fourth-order valence-corrected chi connectivity index (χ4v) is 5.64. The zero-order chi connectivity index (χ0) is 19.9. The topological polar surface area (TPSA) is 78.5 Å². The van der Waals surface area contributed by atoms with E-state index >= 15 is 0 Å². The Bertz CT molecular complexity index is 833. The summed E-state index contributed by atoms with van der Waals surface area (Å²) in [4.78, 5) is 40.0. The standard InChI is InChI=1S/C20H24FN3O3S/c1-12-4-2-3-8-20(12)18(26)24(19(27)23-20)11-17(25)22-15-7-9-28-16-6-5-13(21)10-14(15)16/h5-6,10,12,15H,2-4,7-9,11H2,1H3,(H,22,25)(H,23,27)/t12-,15-,20-/m1/s1. The molecule has 2 aliphatic heterocycles. The Hall–Kier alpha value is -2.09. The highest BCUT2D eigenvalue weighted by atomic mass is 32.2. The molecule has 0 aromatic heterocycles. The molecule has 0 bridgehead atoms. The number of fused-ring (bicyclic) bond motifs is 1. The van der Waals surface area contributed by atoms with Gasteiger partial charge in [0.1, 0.15) is 17.9 Å². The van der Waals surface area contributed by atoms with E-state index in [4.69, 9.17) is 0 Å². The summed E-state index contributed by atoms with van der Waals surface area (Å²) in [6.45, 7) is 1.67. The highest BCUT2D eigenvalue weighted by molar-refractivity contribution is 7.99. The van der Waals surface area contributed by atoms with Gasteiger partial charge in [-0.05, 0) is 48.9 Å². The van der Waals surface area contributed by atoms with Crippen LogP contribution in [0.2, 0.25) is 0 Å². The van der Waals surface area contributed by atoms with Gasteiger partial charge in [0.25, 0.3) is 5.91 Å². The monoisotopic (exact) mass is 405 g/mol. The maximum Gasteiger partial charge on any atom is 0.325 e. The van der Waals surface area contributed by atoms with E-state index in [0.717, 1.165) is 40.4 Å². The lowest BCUT2D eigenvalue weighted by atomic mass is 9.73. The van der Waals surface area contributed by atoms with E-state index in [1.54, 1.807) is 17.8 Å². The molecule has 3 aliphatic rings. The molecule has 2 fully saturated rings. The number of amides is 4. The number of carbonyl (C=O) groups excluding carboxylic acids is 3. The average Bonchev–Trinajstić information content (AvgIpc) is 2.90. The Morgan fingerprint density at radius 2 is 2.18 bits per heavy atom. The van der Waals surface area contributed by atoms with Crippen LogP contribution in [0.4, 0.5) is 9.18 Å². The van der Waals surface area contributed by atoms with Crippen molar-refractivity contribution in [3.63, 3.8) is 0 Å². The van der Waals surface area contributed by atoms with Crippen LogP contribution >= 0.6 is 11.8 Å². The maximum atomic E-state index is 13.6. The summed E-state index contributed by atoms with van der Waals surface area (Å²) < 4.78 is 13.6. The summed E-state index contributed by atoms with van der Waals surface area (Å²) in [6, 6.07) is 3.76. The molecule has 0 radical (unpaired) electrons. The van der Waals surface area contributed by atoms with E-state index in [-0.39, 0.29) is 30.2 Å². The Balaban J connectivity index is 1.46. The van der Waals surface area contributed by atoms with Gasteiger partial charge in [0.15, 0.2) is 0 Å². The average molecular weight is 405 g/mol. The third-order valence-electron chi connectivity index (χ3n) is 6.15. The van der Waals surface area contributed by atoms with E-state index in [1.807, 2.05) is 6.92 Å². The van der Waals surface area contributed by atoms with Crippen LogP contribution in [0.5, 0.6) is 0 Å². The number of imide groups is 1. The van der Waals surface area contributed by atoms with Crippen molar-refractivity contribution in [3.8, 4) is 0 Å². The normalized spacial score (nSPS) is 29.6. The first-order valence-electron chi connectivity index (χ1n) is 9.76. The van der Waals surface area contributed by atoms with Crippen molar-refractivity contribution in [2.24, 2.45) is 5.92 Å². The van der Waals surface area contributed by atoms with Crippen molar-refractivity contribution in [3.05, 3.63) is 29.6 Å². The largest absolute Gasteiger partial charge is 0.348 e. The summed E-state index contributed by atoms with van der Waals surface area (Å²) in [5.74, 6) is -0.187. The Morgan fingerprint density at radius 1 is 1.36 bits per heavy atom. The van der Waals surface area contributed by atoms with Gasteiger partial charge in [0.2, 0.25) is 5.91 Å². The van der Waals surface area contributed by atoms with Gasteiger partial charge in [-0.1, -0.05) is 19.8 Å². The van der Waals surface area contributed by atoms with Crippen LogP contribution < -0.4 is 10.6 Å². The number of hydrogen-bond acceptors (Lipinski definition) is 4. The highest BCUT2D eigenvalue weighted by Crippen LogP contribution is 2.39. The number of hydrogen-bond donors (Lipinski definition) is 2. The molecule has 4 amide bonds. The molecular formula is C20H24FN3O3S. The van der Waals surface area contributed by atoms with Gasteiger partial charge < -0.3 is 10.6 Å². The van der Waals surface area contributed by atoms with E-state index in [2.05, 4.69) is 10.6 Å². The van der Waals surface area contributed by atoms with Crippen LogP contribution in [0.25, 0.3) is 0 Å². The summed E-state index contributed by atoms with van der Waals surface area (Å²) >= 11 is 1.63. The Kier molecular flexibility index (Phi) is 5.07. The molecule has 8 heteroatoms. The molecule has 150 valence electrons. The zero-order valence-electron chi connectivity index (χ0n) is 15.8. The molecule has 2 heterocycles. The number of benzene rings is 1. The minimum atomic E-state index is -0.868. The van der Waals surface area contributed by atoms with E-state index in [0.29, 0.717) is 12.8 Å². The molecule has 0 unspecified atom stereocenters. The van der Waals surface area contributed by atoms with Crippen molar-refractivity contribution < 1.29 is 18.8 Å². The minimum absolute atomic E-state index is 0.0518. The van der Waals surface area contributed by atoms with Gasteiger partial charge in [-0.25, -0.2) is 9.18 Å². The van der Waals surface area contributed by atoms with Gasteiger partial charge in [0.05, 0.1) is 6.04 Å². The molecule has 28 heavy (non-hydrogen) atoms. The zero-order valence-corrected chi connectivity index (χ0v) is 16.6. The molecule has 1 saturated heterocycles. The van der Waals surface area contributed by atoms with Crippen molar-refractivity contribution in [1.82, 2.24) is 15.5 Å². The van der Waals surface area contributed by atoms with Crippen LogP contribution in [0.1, 0.15) is 50.6 Å². The molecule has 2 N–H and O–H groups in total. The van der Waals surface area contributed by atoms with Crippen molar-refractivity contribution in [2.75, 3.05) is 12.3 Å². The number of carbonyl (C=O) groups is 3. The fourth-order valence-electron chi connectivity index (χ4n) is 4.54. The molecule has 4 rings (SSSR count). The molecule has 1 saturated carbocycles. The fraction of sp³-hybridized carbons (Fsp3) is 0.550. The van der Waals surface area contributed by atoms with E-state index in [9.17, 15) is 18.8 Å². The van der Waals surface area contributed by atoms with Gasteiger partial charge in [0, 0.05) is 10.6 Å². The predicted octanol–water partition coefficient (Wildman–Crippen LogP) is 2.98. The SMILES string of the molecule is C[C@@H]1CCCC[C@@]12NC(=O)N(CC(=O)N[C@@H]1CCSc3ccc(F)cc31)C2=O. The first-order valence-corrected chi connectivity index (χ1v) is 10.7. The summed E-state index contributed by atoms with van der Waals surface area (Å²) in [6.07, 6.45) is 4.10. The lowest BCUT2D eigenvalue weighted by Crippen LogP contribution is -2.54. The summed E-state index contributed by atoms with van der Waals surface area (Å²) in [5, 5.41) is 5.74. The number of rotatable bonds is 3. The van der Waals surface area contributed by atoms with Crippen molar-refractivity contribution >= 4 is 29.6 Å². The van der Waals surface area contributed by atoms with Crippen LogP contribution in [-0.4, -0.2) is 40.6 Å². The van der Waals surface area contributed by atoms with E-state index < -0.39 is 17.5 Å². The predicted molar refractivity (Wildman–Crippen MR) is 103 cm³/mol. The number of urea groups is 1. The second kappa shape index (κ2) is 7.39. The lowest BCUT2D eigenvalue weighted by Gasteiger charge is -2.36. The van der Waals surface area contributed by atoms with Crippen LogP contribution in [0, 0.1) is 11.7 Å². The minimum Gasteiger partial charge on any atom is -0.348 e. The molecule has 3 atom stereocenters. The molecular weight excluding hydrogens is 381 g/mol. The molecule has 1 aromatic rings. The molecule has 1 aliphatic carbocycles. The molecule has 6 nitrogen and oxygen atoms in total. The third kappa shape index (κ3) is 3.27. The summed E-state index contributed by atoms with van der Waals surface area (Å²) in [7, 11) is 0. The number of nitrogens with zero attached hydrogens (tertiary/aromatic N) is 1. The van der Waals surface area contributed by atoms with Gasteiger partial charge in [-0.2, -0.15) is 0 Å². The third-order valence-corrected chi connectivity index (χ3v) is 7.27. The molecule has 1 spiro atoms. The first-order chi connectivity index (χ1) is 13.4. The second-order valence-corrected chi connectivity index (χ2v) is 9.02. The van der Waals surface area contributed by atoms with Gasteiger partial charge in [-0.15, -0.1) is 11.8 Å². The van der Waals surface area contributed by atoms with Gasteiger partial charge in [-0.3, -0.25) is 14.5 Å².